The average molecular weight is 316 g/mol. The first-order chi connectivity index (χ1) is 10.6. The van der Waals surface area contributed by atoms with E-state index < -0.39 is 0 Å². The van der Waals surface area contributed by atoms with Crippen LogP contribution in [0.1, 0.15) is 6.92 Å². The molecule has 22 heavy (non-hydrogen) atoms. The Hall–Kier alpha value is -2.26. The van der Waals surface area contributed by atoms with E-state index in [2.05, 4.69) is 28.0 Å². The molecule has 5 nitrogen and oxygen atoms in total. The van der Waals surface area contributed by atoms with Gasteiger partial charge in [-0.25, -0.2) is 0 Å². The number of hydrogen-bond acceptors (Lipinski definition) is 5. The number of thiocarbonyl (C=S) groups is 1. The molecule has 0 aromatic heterocycles. The van der Waals surface area contributed by atoms with Gasteiger partial charge in [0.25, 0.3) is 0 Å². The summed E-state index contributed by atoms with van der Waals surface area (Å²) < 4.78 is 5.18. The molecule has 0 aliphatic carbocycles. The highest BCUT2D eigenvalue weighted by molar-refractivity contribution is 7.80. The number of rotatable bonds is 4. The third-order valence-corrected chi connectivity index (χ3v) is 4.12. The molecular formula is C16H20N4OS. The summed E-state index contributed by atoms with van der Waals surface area (Å²) >= 11 is 4.93. The van der Waals surface area contributed by atoms with Crippen LogP contribution in [0.3, 0.4) is 0 Å². The number of nitrogens with two attached hydrogens (primary N) is 1. The third-order valence-electron chi connectivity index (χ3n) is 3.91. The number of anilines is 1. The Morgan fingerprint density at radius 3 is 2.27 bits per heavy atom. The van der Waals surface area contributed by atoms with Crippen molar-refractivity contribution >= 4 is 22.9 Å². The highest BCUT2D eigenvalue weighted by Crippen LogP contribution is 2.22. The summed E-state index contributed by atoms with van der Waals surface area (Å²) in [6.45, 7) is 5.36. The van der Waals surface area contributed by atoms with Gasteiger partial charge in [-0.05, 0) is 31.2 Å². The molecule has 1 heterocycles. The lowest BCUT2D eigenvalue weighted by atomic mass is 10.1. The van der Waals surface area contributed by atoms with Gasteiger partial charge < -0.3 is 20.3 Å². The van der Waals surface area contributed by atoms with E-state index in [0.717, 1.165) is 37.6 Å². The van der Waals surface area contributed by atoms with Gasteiger partial charge in [0.1, 0.15) is 22.4 Å². The molecule has 0 unspecified atom stereocenters. The molecule has 0 spiro atoms. The van der Waals surface area contributed by atoms with E-state index in [1.54, 1.807) is 7.11 Å². The first-order valence-electron chi connectivity index (χ1n) is 7.11. The van der Waals surface area contributed by atoms with Crippen molar-refractivity contribution in [3.63, 3.8) is 0 Å². The lowest BCUT2D eigenvalue weighted by Gasteiger charge is -2.38. The number of hydrogen-bond donors (Lipinski definition) is 1. The molecule has 6 heteroatoms. The Morgan fingerprint density at radius 2 is 1.82 bits per heavy atom. The zero-order valence-corrected chi connectivity index (χ0v) is 13.7. The second kappa shape index (κ2) is 7.14. The van der Waals surface area contributed by atoms with Crippen LogP contribution in [0.5, 0.6) is 5.75 Å². The molecule has 2 rings (SSSR count). The standard InChI is InChI=1S/C16H20N4OS/c1-12(15(11-17)16(18)22)19-7-9-20(10-8-19)13-3-5-14(21-2)6-4-13/h3-6H,7-10H2,1-2H3,(H2,18,22)/b15-12-. The number of allylic oxidation sites excluding steroid dienone is 1. The van der Waals surface area contributed by atoms with Crippen molar-refractivity contribution in [2.45, 2.75) is 6.92 Å². The minimum Gasteiger partial charge on any atom is -0.497 e. The van der Waals surface area contributed by atoms with E-state index in [9.17, 15) is 0 Å². The lowest BCUT2D eigenvalue weighted by molar-refractivity contribution is 0.321. The van der Waals surface area contributed by atoms with E-state index in [1.165, 1.54) is 5.69 Å². The zero-order chi connectivity index (χ0) is 16.1. The summed E-state index contributed by atoms with van der Waals surface area (Å²) in [5.74, 6) is 0.858. The van der Waals surface area contributed by atoms with Gasteiger partial charge in [-0.3, -0.25) is 0 Å². The monoisotopic (exact) mass is 316 g/mol. The normalized spacial score (nSPS) is 15.9. The molecule has 1 aromatic rings. The average Bonchev–Trinajstić information content (AvgIpc) is 2.55. The van der Waals surface area contributed by atoms with Gasteiger partial charge in [0.2, 0.25) is 0 Å². The van der Waals surface area contributed by atoms with Gasteiger partial charge >= 0.3 is 0 Å². The Balaban J connectivity index is 2.04. The minimum absolute atomic E-state index is 0.164. The first-order valence-corrected chi connectivity index (χ1v) is 7.52. The predicted molar refractivity (Wildman–Crippen MR) is 91.9 cm³/mol. The van der Waals surface area contributed by atoms with Crippen molar-refractivity contribution in [3.05, 3.63) is 35.5 Å². The van der Waals surface area contributed by atoms with Gasteiger partial charge in [0.05, 0.1) is 7.11 Å². The molecular weight excluding hydrogens is 296 g/mol. The fourth-order valence-electron chi connectivity index (χ4n) is 2.57. The zero-order valence-electron chi connectivity index (χ0n) is 12.9. The van der Waals surface area contributed by atoms with Gasteiger partial charge in [-0.1, -0.05) is 12.2 Å². The second-order valence-corrected chi connectivity index (χ2v) is 5.55. The Morgan fingerprint density at radius 1 is 1.23 bits per heavy atom. The van der Waals surface area contributed by atoms with Crippen LogP contribution >= 0.6 is 12.2 Å². The number of piperazine rings is 1. The first kappa shape index (κ1) is 16.1. The smallest absolute Gasteiger partial charge is 0.119 e. The second-order valence-electron chi connectivity index (χ2n) is 5.11. The van der Waals surface area contributed by atoms with Crippen molar-refractivity contribution in [3.8, 4) is 11.8 Å². The third kappa shape index (κ3) is 3.49. The number of ether oxygens (including phenoxy) is 1. The predicted octanol–water partition coefficient (Wildman–Crippen LogP) is 1.90. The minimum atomic E-state index is 0.164. The molecule has 0 saturated carbocycles. The van der Waals surface area contributed by atoms with E-state index in [1.807, 2.05) is 19.1 Å². The number of nitriles is 1. The van der Waals surface area contributed by atoms with E-state index in [-0.39, 0.29) is 4.99 Å². The molecule has 1 aliphatic rings. The van der Waals surface area contributed by atoms with Gasteiger partial charge in [0.15, 0.2) is 0 Å². The van der Waals surface area contributed by atoms with Crippen LogP contribution in [0.15, 0.2) is 35.5 Å². The fourth-order valence-corrected chi connectivity index (χ4v) is 2.76. The summed E-state index contributed by atoms with van der Waals surface area (Å²) in [7, 11) is 1.66. The number of benzene rings is 1. The van der Waals surface area contributed by atoms with Crippen LogP contribution in [-0.4, -0.2) is 43.2 Å². The molecule has 1 saturated heterocycles. The summed E-state index contributed by atoms with van der Waals surface area (Å²) in [5.41, 5.74) is 8.06. The van der Waals surface area contributed by atoms with Crippen molar-refractivity contribution in [2.24, 2.45) is 5.73 Å². The van der Waals surface area contributed by atoms with Crippen molar-refractivity contribution in [1.82, 2.24) is 4.90 Å². The molecule has 0 atom stereocenters. The molecule has 0 bridgehead atoms. The van der Waals surface area contributed by atoms with E-state index >= 15 is 0 Å². The molecule has 2 N–H and O–H groups in total. The maximum absolute atomic E-state index is 9.15. The van der Waals surface area contributed by atoms with Gasteiger partial charge in [0, 0.05) is 37.6 Å². The van der Waals surface area contributed by atoms with Gasteiger partial charge in [-0.2, -0.15) is 5.26 Å². The Kier molecular flexibility index (Phi) is 5.23. The fraction of sp³-hybridized carbons (Fsp3) is 0.375. The maximum Gasteiger partial charge on any atom is 0.119 e. The Bertz CT molecular complexity index is 610. The van der Waals surface area contributed by atoms with E-state index in [4.69, 9.17) is 28.0 Å². The van der Waals surface area contributed by atoms with Crippen LogP contribution in [0.4, 0.5) is 5.69 Å². The largest absolute Gasteiger partial charge is 0.497 e. The summed E-state index contributed by atoms with van der Waals surface area (Å²) in [6.07, 6.45) is 0. The highest BCUT2D eigenvalue weighted by atomic mass is 32.1. The summed E-state index contributed by atoms with van der Waals surface area (Å²) in [6, 6.07) is 10.2. The van der Waals surface area contributed by atoms with Crippen molar-refractivity contribution in [1.29, 1.82) is 5.26 Å². The maximum atomic E-state index is 9.15. The van der Waals surface area contributed by atoms with Crippen molar-refractivity contribution < 1.29 is 4.74 Å². The molecule has 1 aliphatic heterocycles. The lowest BCUT2D eigenvalue weighted by Crippen LogP contribution is -2.46. The van der Waals surface area contributed by atoms with Crippen molar-refractivity contribution in [2.75, 3.05) is 38.2 Å². The highest BCUT2D eigenvalue weighted by Gasteiger charge is 2.20. The summed E-state index contributed by atoms with van der Waals surface area (Å²) in [4.78, 5) is 4.64. The van der Waals surface area contributed by atoms with Crippen LogP contribution in [0.25, 0.3) is 0 Å². The van der Waals surface area contributed by atoms with E-state index in [0.29, 0.717) is 5.57 Å². The molecule has 0 radical (unpaired) electrons. The SMILES string of the molecule is COc1ccc(N2CCN(/C(C)=C(/C#N)C(N)=S)CC2)cc1. The van der Waals surface area contributed by atoms with Gasteiger partial charge in [-0.15, -0.1) is 0 Å². The molecule has 116 valence electrons. The van der Waals surface area contributed by atoms with Crippen LogP contribution < -0.4 is 15.4 Å². The molecule has 1 fully saturated rings. The quantitative estimate of drug-likeness (QED) is 0.520. The van der Waals surface area contributed by atoms with Crippen LogP contribution in [0, 0.1) is 11.3 Å². The van der Waals surface area contributed by atoms with Crippen LogP contribution in [-0.2, 0) is 0 Å². The Labute approximate surface area is 136 Å². The summed E-state index contributed by atoms with van der Waals surface area (Å²) in [5, 5.41) is 9.15. The number of nitrogens with zero attached hydrogens (tertiary/aromatic N) is 3. The topological polar surface area (TPSA) is 65.5 Å². The molecule has 0 amide bonds. The number of methoxy groups -OCH3 is 1. The van der Waals surface area contributed by atoms with Crippen LogP contribution in [0.2, 0.25) is 0 Å². The molecule has 1 aromatic carbocycles.